The normalized spacial score (nSPS) is 17.1. The average Bonchev–Trinajstić information content (AvgIpc) is 3.21. The van der Waals surface area contributed by atoms with E-state index < -0.39 is 0 Å². The number of hydrogen-bond acceptors (Lipinski definition) is 5. The summed E-state index contributed by atoms with van der Waals surface area (Å²) in [4.78, 5) is 19.6. The van der Waals surface area contributed by atoms with E-state index in [1.165, 1.54) is 10.1 Å². The largest absolute Gasteiger partial charge is 0.497 e. The van der Waals surface area contributed by atoms with Crippen molar-refractivity contribution in [3.63, 3.8) is 0 Å². The van der Waals surface area contributed by atoms with Gasteiger partial charge in [0.05, 0.1) is 13.0 Å². The third kappa shape index (κ3) is 3.90. The molecule has 1 aliphatic heterocycles. The number of methoxy groups -OCH3 is 1. The standard InChI is InChI=1S/C21H23N3O2S/c1-26-17-6-2-4-15(12-17)13-23-21(25)16-5-3-10-24(14-16)20-18-8-11-27-19(18)7-9-22-20/h2,4,6-9,11-12,16H,3,5,10,13-14H2,1H3,(H,23,25). The molecule has 1 fully saturated rings. The Morgan fingerprint density at radius 3 is 3.19 bits per heavy atom. The molecule has 0 radical (unpaired) electrons. The average molecular weight is 382 g/mol. The fourth-order valence-electron chi connectivity index (χ4n) is 3.63. The Morgan fingerprint density at radius 2 is 2.30 bits per heavy atom. The summed E-state index contributed by atoms with van der Waals surface area (Å²) >= 11 is 1.73. The molecule has 1 N–H and O–H groups in total. The van der Waals surface area contributed by atoms with E-state index in [2.05, 4.69) is 26.6 Å². The van der Waals surface area contributed by atoms with Crippen molar-refractivity contribution < 1.29 is 9.53 Å². The number of fused-ring (bicyclic) bond motifs is 1. The highest BCUT2D eigenvalue weighted by molar-refractivity contribution is 7.17. The summed E-state index contributed by atoms with van der Waals surface area (Å²) < 4.78 is 6.48. The molecular formula is C21H23N3O2S. The Hall–Kier alpha value is -2.60. The Bertz CT molecular complexity index is 940. The van der Waals surface area contributed by atoms with Crippen LogP contribution in [0.25, 0.3) is 10.1 Å². The SMILES string of the molecule is COc1cccc(CNC(=O)C2CCCN(c3nccc4sccc34)C2)c1. The van der Waals surface area contributed by atoms with Crippen molar-refractivity contribution in [2.75, 3.05) is 25.1 Å². The Morgan fingerprint density at radius 1 is 1.37 bits per heavy atom. The van der Waals surface area contributed by atoms with Gasteiger partial charge in [-0.3, -0.25) is 4.79 Å². The fourth-order valence-corrected chi connectivity index (χ4v) is 4.41. The van der Waals surface area contributed by atoms with E-state index in [1.54, 1.807) is 18.4 Å². The van der Waals surface area contributed by atoms with Crippen LogP contribution in [0.5, 0.6) is 5.75 Å². The van der Waals surface area contributed by atoms with Crippen molar-refractivity contribution in [1.29, 1.82) is 0 Å². The van der Waals surface area contributed by atoms with Crippen molar-refractivity contribution in [1.82, 2.24) is 10.3 Å². The minimum Gasteiger partial charge on any atom is -0.497 e. The highest BCUT2D eigenvalue weighted by atomic mass is 32.1. The van der Waals surface area contributed by atoms with Gasteiger partial charge in [0.2, 0.25) is 5.91 Å². The predicted octanol–water partition coefficient (Wildman–Crippen LogP) is 3.84. The zero-order valence-corrected chi connectivity index (χ0v) is 16.2. The number of hydrogen-bond donors (Lipinski definition) is 1. The second kappa shape index (κ2) is 7.96. The van der Waals surface area contributed by atoms with Gasteiger partial charge in [-0.15, -0.1) is 11.3 Å². The molecule has 1 atom stereocenters. The van der Waals surface area contributed by atoms with Crippen LogP contribution in [-0.4, -0.2) is 31.1 Å². The van der Waals surface area contributed by atoms with Gasteiger partial charge in [0.15, 0.2) is 0 Å². The topological polar surface area (TPSA) is 54.5 Å². The van der Waals surface area contributed by atoms with Crippen LogP contribution in [0, 0.1) is 5.92 Å². The molecule has 3 aromatic rings. The maximum atomic E-state index is 12.7. The Labute approximate surface area is 163 Å². The van der Waals surface area contributed by atoms with Crippen molar-refractivity contribution in [2.45, 2.75) is 19.4 Å². The zero-order chi connectivity index (χ0) is 18.6. The quantitative estimate of drug-likeness (QED) is 0.730. The number of carbonyl (C=O) groups is 1. The van der Waals surface area contributed by atoms with Crippen molar-refractivity contribution >= 4 is 33.1 Å². The summed E-state index contributed by atoms with van der Waals surface area (Å²) in [5.41, 5.74) is 1.04. The van der Waals surface area contributed by atoms with Gasteiger partial charge >= 0.3 is 0 Å². The molecule has 2 aromatic heterocycles. The number of anilines is 1. The lowest BCUT2D eigenvalue weighted by molar-refractivity contribution is -0.125. The molecule has 6 heteroatoms. The minimum atomic E-state index is -0.0138. The van der Waals surface area contributed by atoms with Gasteiger partial charge < -0.3 is 15.0 Å². The van der Waals surface area contributed by atoms with E-state index in [1.807, 2.05) is 36.5 Å². The first-order valence-electron chi connectivity index (χ1n) is 9.22. The number of amides is 1. The van der Waals surface area contributed by atoms with Crippen molar-refractivity contribution in [3.8, 4) is 5.75 Å². The van der Waals surface area contributed by atoms with Gasteiger partial charge in [0.1, 0.15) is 11.6 Å². The summed E-state index contributed by atoms with van der Waals surface area (Å²) in [7, 11) is 1.65. The van der Waals surface area contributed by atoms with Crippen LogP contribution < -0.4 is 15.0 Å². The first-order valence-corrected chi connectivity index (χ1v) is 10.1. The van der Waals surface area contributed by atoms with Gasteiger partial charge in [0, 0.05) is 35.9 Å². The molecule has 1 aromatic carbocycles. The molecule has 3 heterocycles. The van der Waals surface area contributed by atoms with Crippen molar-refractivity contribution in [3.05, 3.63) is 53.5 Å². The molecule has 0 bridgehead atoms. The number of aromatic nitrogens is 1. The summed E-state index contributed by atoms with van der Waals surface area (Å²) in [5.74, 6) is 1.90. The highest BCUT2D eigenvalue weighted by Crippen LogP contribution is 2.31. The lowest BCUT2D eigenvalue weighted by atomic mass is 9.96. The maximum absolute atomic E-state index is 12.7. The van der Waals surface area contributed by atoms with Gasteiger partial charge in [-0.1, -0.05) is 12.1 Å². The number of pyridine rings is 1. The summed E-state index contributed by atoms with van der Waals surface area (Å²) in [6.07, 6.45) is 3.78. The number of rotatable bonds is 5. The minimum absolute atomic E-state index is 0.0138. The van der Waals surface area contributed by atoms with E-state index in [-0.39, 0.29) is 11.8 Å². The third-order valence-corrected chi connectivity index (χ3v) is 5.93. The highest BCUT2D eigenvalue weighted by Gasteiger charge is 2.27. The predicted molar refractivity (Wildman–Crippen MR) is 109 cm³/mol. The fraction of sp³-hybridized carbons (Fsp3) is 0.333. The molecule has 5 nitrogen and oxygen atoms in total. The lowest BCUT2D eigenvalue weighted by Gasteiger charge is -2.33. The van der Waals surface area contributed by atoms with E-state index in [0.717, 1.165) is 36.5 Å². The summed E-state index contributed by atoms with van der Waals surface area (Å²) in [6.45, 7) is 2.18. The van der Waals surface area contributed by atoms with E-state index in [4.69, 9.17) is 4.74 Å². The van der Waals surface area contributed by atoms with Gasteiger partial charge in [-0.2, -0.15) is 0 Å². The van der Waals surface area contributed by atoms with Crippen LogP contribution in [-0.2, 0) is 11.3 Å². The summed E-state index contributed by atoms with van der Waals surface area (Å²) in [6, 6.07) is 12.0. The number of carbonyl (C=O) groups excluding carboxylic acids is 1. The number of thiophene rings is 1. The van der Waals surface area contributed by atoms with Gasteiger partial charge in [0.25, 0.3) is 0 Å². The van der Waals surface area contributed by atoms with Crippen LogP contribution in [0.4, 0.5) is 5.82 Å². The number of benzene rings is 1. The third-order valence-electron chi connectivity index (χ3n) is 5.05. The van der Waals surface area contributed by atoms with E-state index in [9.17, 15) is 4.79 Å². The van der Waals surface area contributed by atoms with Crippen LogP contribution in [0.3, 0.4) is 0 Å². The monoisotopic (exact) mass is 381 g/mol. The molecular weight excluding hydrogens is 358 g/mol. The van der Waals surface area contributed by atoms with E-state index >= 15 is 0 Å². The van der Waals surface area contributed by atoms with Crippen LogP contribution in [0.15, 0.2) is 48.0 Å². The van der Waals surface area contributed by atoms with Gasteiger partial charge in [-0.05, 0) is 48.1 Å². The number of nitrogens with one attached hydrogen (secondary N) is 1. The molecule has 4 rings (SSSR count). The Balaban J connectivity index is 1.41. The van der Waals surface area contributed by atoms with Crippen molar-refractivity contribution in [2.24, 2.45) is 5.92 Å². The molecule has 0 aliphatic carbocycles. The van der Waals surface area contributed by atoms with Crippen LogP contribution >= 0.6 is 11.3 Å². The number of ether oxygens (including phenoxy) is 1. The maximum Gasteiger partial charge on any atom is 0.225 e. The number of piperidine rings is 1. The van der Waals surface area contributed by atoms with E-state index in [0.29, 0.717) is 13.1 Å². The molecule has 27 heavy (non-hydrogen) atoms. The molecule has 1 aliphatic rings. The number of nitrogens with zero attached hydrogens (tertiary/aromatic N) is 2. The molecule has 1 unspecified atom stereocenters. The van der Waals surface area contributed by atoms with Crippen LogP contribution in [0.2, 0.25) is 0 Å². The second-order valence-corrected chi connectivity index (χ2v) is 7.77. The molecule has 0 spiro atoms. The lowest BCUT2D eigenvalue weighted by Crippen LogP contribution is -2.43. The van der Waals surface area contributed by atoms with Crippen LogP contribution in [0.1, 0.15) is 18.4 Å². The first kappa shape index (κ1) is 17.8. The first-order chi connectivity index (χ1) is 13.2. The Kier molecular flexibility index (Phi) is 5.25. The molecule has 0 saturated carbocycles. The second-order valence-electron chi connectivity index (χ2n) is 6.82. The zero-order valence-electron chi connectivity index (χ0n) is 15.4. The molecule has 1 amide bonds. The summed E-state index contributed by atoms with van der Waals surface area (Å²) in [5, 5.41) is 6.36. The smallest absolute Gasteiger partial charge is 0.225 e. The molecule has 1 saturated heterocycles. The molecule has 140 valence electrons. The van der Waals surface area contributed by atoms with Gasteiger partial charge in [-0.25, -0.2) is 4.98 Å².